The first kappa shape index (κ1) is 14.3. The first-order valence-corrected chi connectivity index (χ1v) is 11.5. The van der Waals surface area contributed by atoms with E-state index >= 15 is 0 Å². The number of benzene rings is 2. The van der Waals surface area contributed by atoms with Gasteiger partial charge in [0.05, 0.1) is 0 Å². The summed E-state index contributed by atoms with van der Waals surface area (Å²) in [4.78, 5) is 0. The van der Waals surface area contributed by atoms with Crippen LogP contribution in [0.25, 0.3) is 0 Å². The Kier molecular flexibility index (Phi) is 5.42. The second-order valence-electron chi connectivity index (χ2n) is 3.27. The standard InChI is InChI=1S/C12H9ClIO.2O.Sb/c13-10-6-8-12(9-7-10)14(15)11-4-2-1-3-5-11;;;/h1-9H;;;/q-1;;;+1. The van der Waals surface area contributed by atoms with Gasteiger partial charge >= 0.3 is 127 Å². The molecule has 0 aliphatic rings. The molecule has 2 aromatic rings. The van der Waals surface area contributed by atoms with Gasteiger partial charge in [0.25, 0.3) is 0 Å². The van der Waals surface area contributed by atoms with Crippen LogP contribution in [-0.4, -0.2) is 20.6 Å². The van der Waals surface area contributed by atoms with Crippen LogP contribution in [0, 0.1) is 7.14 Å². The second kappa shape index (κ2) is 6.85. The van der Waals surface area contributed by atoms with Crippen molar-refractivity contribution in [2.75, 3.05) is 0 Å². The zero-order chi connectivity index (χ0) is 13.0. The van der Waals surface area contributed by atoms with E-state index in [2.05, 4.69) is 0 Å². The Morgan fingerprint density at radius 1 is 0.889 bits per heavy atom. The molecule has 0 radical (unpaired) electrons. The summed E-state index contributed by atoms with van der Waals surface area (Å²) in [5.41, 5.74) is 0. The van der Waals surface area contributed by atoms with Crippen molar-refractivity contribution >= 4 is 52.4 Å². The van der Waals surface area contributed by atoms with Gasteiger partial charge in [-0.1, -0.05) is 0 Å². The van der Waals surface area contributed by atoms with Crippen molar-refractivity contribution in [1.29, 1.82) is 0 Å². The summed E-state index contributed by atoms with van der Waals surface area (Å²) < 4.78 is 29.1. The minimum atomic E-state index is -3.95. The maximum absolute atomic E-state index is 11.0. The molecule has 0 aromatic heterocycles. The van der Waals surface area contributed by atoms with Crippen molar-refractivity contribution in [1.82, 2.24) is 0 Å². The van der Waals surface area contributed by atoms with E-state index in [1.807, 2.05) is 42.5 Å². The Morgan fingerprint density at radius 2 is 1.44 bits per heavy atom. The van der Waals surface area contributed by atoms with Gasteiger partial charge in [-0.15, -0.1) is 0 Å². The maximum atomic E-state index is 11.0. The van der Waals surface area contributed by atoms with Crippen LogP contribution in [0.2, 0.25) is 5.02 Å². The molecule has 0 saturated heterocycles. The first-order chi connectivity index (χ1) is 8.66. The number of hydrogen-bond donors (Lipinski definition) is 0. The van der Waals surface area contributed by atoms with E-state index in [-0.39, 0.29) is 0 Å². The Balaban J connectivity index is 2.39. The molecule has 0 unspecified atom stereocenters. The van der Waals surface area contributed by atoms with Gasteiger partial charge in [-0.25, -0.2) is 0 Å². The third-order valence-corrected chi connectivity index (χ3v) is 11.5. The Hall–Kier alpha value is -0.162. The minimum absolute atomic E-state index is 0.629. The van der Waals surface area contributed by atoms with Gasteiger partial charge in [0.2, 0.25) is 0 Å². The summed E-state index contributed by atoms with van der Waals surface area (Å²) in [6, 6.07) is 16.7. The number of hydrogen-bond acceptors (Lipinski definition) is 3. The van der Waals surface area contributed by atoms with Crippen LogP contribution < -0.4 is 0 Å². The fraction of sp³-hybridized carbons (Fsp3) is 0. The van der Waals surface area contributed by atoms with E-state index in [4.69, 9.17) is 12.9 Å². The summed E-state index contributed by atoms with van der Waals surface area (Å²) in [5.74, 6) is 0. The topological polar surface area (TPSA) is 43.4 Å². The molecule has 2 aromatic carbocycles. The van der Waals surface area contributed by atoms with Crippen molar-refractivity contribution < 1.29 is 7.38 Å². The van der Waals surface area contributed by atoms with Crippen LogP contribution in [0.5, 0.6) is 0 Å². The summed E-state index contributed by atoms with van der Waals surface area (Å²) in [6.07, 6.45) is 0. The fourth-order valence-corrected chi connectivity index (χ4v) is 10.2. The zero-order valence-corrected chi connectivity index (χ0v) is 14.6. The molecule has 0 aliphatic carbocycles. The molecule has 94 valence electrons. The molecule has 0 saturated carbocycles. The average Bonchev–Trinajstić information content (AvgIpc) is 2.38. The van der Waals surface area contributed by atoms with Gasteiger partial charge in [-0.05, 0) is 0 Å². The monoisotopic (exact) mass is 484 g/mol. The molecule has 0 amide bonds. The molecule has 0 heterocycles. The van der Waals surface area contributed by atoms with E-state index in [9.17, 15) is 6.03 Å². The molecule has 0 fully saturated rings. The van der Waals surface area contributed by atoms with Crippen LogP contribution in [0.1, 0.15) is 0 Å². The molecule has 0 aliphatic heterocycles. The van der Waals surface area contributed by atoms with Crippen molar-refractivity contribution in [2.24, 2.45) is 0 Å². The van der Waals surface area contributed by atoms with E-state index < -0.39 is 40.8 Å². The van der Waals surface area contributed by atoms with Crippen molar-refractivity contribution in [3.63, 3.8) is 0 Å². The molecule has 3 nitrogen and oxygen atoms in total. The Morgan fingerprint density at radius 3 is 2.00 bits per heavy atom. The van der Waals surface area contributed by atoms with Gasteiger partial charge in [0.15, 0.2) is 0 Å². The predicted molar refractivity (Wildman–Crippen MR) is 77.5 cm³/mol. The van der Waals surface area contributed by atoms with E-state index in [1.165, 1.54) is 0 Å². The quantitative estimate of drug-likeness (QED) is 0.491. The second-order valence-corrected chi connectivity index (χ2v) is 11.9. The number of halogens is 2. The normalized spacial score (nSPS) is 11.1. The summed E-state index contributed by atoms with van der Waals surface area (Å²) >= 11 is -0.452. The van der Waals surface area contributed by atoms with Crippen LogP contribution in [-0.2, 0) is 7.38 Å². The third-order valence-electron chi connectivity index (χ3n) is 2.06. The van der Waals surface area contributed by atoms with Crippen molar-refractivity contribution in [2.45, 2.75) is 0 Å². The van der Waals surface area contributed by atoms with Crippen molar-refractivity contribution in [3.8, 4) is 0 Å². The molecular formula is C12H9ClIO3Sb. The summed E-state index contributed by atoms with van der Waals surface area (Å²) in [7, 11) is 0. The van der Waals surface area contributed by atoms with E-state index in [0.717, 1.165) is 7.14 Å². The first-order valence-electron chi connectivity index (χ1n) is 5.00. The molecule has 0 N–H and O–H groups in total. The van der Waals surface area contributed by atoms with Crippen LogP contribution in [0.4, 0.5) is 0 Å². The van der Waals surface area contributed by atoms with Crippen LogP contribution >= 0.6 is 31.8 Å². The summed E-state index contributed by atoms with van der Waals surface area (Å²) in [5, 5.41) is 0.629. The van der Waals surface area contributed by atoms with E-state index in [1.54, 1.807) is 12.1 Å². The molecular weight excluding hydrogens is 476 g/mol. The molecule has 6 heteroatoms. The van der Waals surface area contributed by atoms with Gasteiger partial charge < -0.3 is 0 Å². The van der Waals surface area contributed by atoms with Gasteiger partial charge in [0.1, 0.15) is 0 Å². The predicted octanol–water partition coefficient (Wildman–Crippen LogP) is 3.66. The SMILES string of the molecule is [O]=[Sb](=[O])[O]I(c1ccccc1)c1ccc(Cl)cc1. The van der Waals surface area contributed by atoms with Gasteiger partial charge in [0, 0.05) is 0 Å². The molecule has 2 rings (SSSR count). The number of rotatable bonds is 4. The Labute approximate surface area is 125 Å². The van der Waals surface area contributed by atoms with Crippen LogP contribution in [0.15, 0.2) is 54.6 Å². The van der Waals surface area contributed by atoms with Gasteiger partial charge in [-0.2, -0.15) is 0 Å². The van der Waals surface area contributed by atoms with Crippen LogP contribution in [0.3, 0.4) is 0 Å². The van der Waals surface area contributed by atoms with Gasteiger partial charge in [-0.3, -0.25) is 0 Å². The Bertz CT molecular complexity index is 576. The molecule has 0 atom stereocenters. The molecule has 18 heavy (non-hydrogen) atoms. The summed E-state index contributed by atoms with van der Waals surface area (Å²) in [6.45, 7) is 0. The molecule has 0 bridgehead atoms. The molecule has 0 spiro atoms. The third kappa shape index (κ3) is 3.92. The average molecular weight is 485 g/mol. The fourth-order valence-electron chi connectivity index (χ4n) is 1.34. The van der Waals surface area contributed by atoms with E-state index in [0.29, 0.717) is 5.02 Å². The van der Waals surface area contributed by atoms with Crippen molar-refractivity contribution in [3.05, 3.63) is 66.8 Å². The zero-order valence-electron chi connectivity index (χ0n) is 9.12.